The first-order valence-corrected chi connectivity index (χ1v) is 6.62. The molecule has 0 aromatic carbocycles. The van der Waals surface area contributed by atoms with Gasteiger partial charge in [0.2, 0.25) is 0 Å². The number of rotatable bonds is 2. The zero-order valence-electron chi connectivity index (χ0n) is 11.6. The molecule has 0 radical (unpaired) electrons. The molecule has 2 aromatic heterocycles. The van der Waals surface area contributed by atoms with Crippen LogP contribution in [-0.2, 0) is 6.42 Å². The first-order chi connectivity index (χ1) is 9.11. The van der Waals surface area contributed by atoms with Crippen LogP contribution in [0.1, 0.15) is 37.6 Å². The number of hydrogen-bond donors (Lipinski definition) is 1. The summed E-state index contributed by atoms with van der Waals surface area (Å²) in [4.78, 5) is 8.59. The highest BCUT2D eigenvalue weighted by Gasteiger charge is 2.34. The second-order valence-corrected chi connectivity index (χ2v) is 5.89. The Morgan fingerprint density at radius 3 is 2.74 bits per heavy atom. The van der Waals surface area contributed by atoms with Crippen LogP contribution in [0.15, 0.2) is 24.7 Å². The molecule has 1 unspecified atom stereocenters. The molecule has 1 aliphatic carbocycles. The van der Waals surface area contributed by atoms with Crippen molar-refractivity contribution in [3.8, 4) is 5.95 Å². The van der Waals surface area contributed by atoms with Crippen molar-refractivity contribution in [3.05, 3.63) is 35.9 Å². The summed E-state index contributed by atoms with van der Waals surface area (Å²) in [5.74, 6) is 0.649. The van der Waals surface area contributed by atoms with Crippen molar-refractivity contribution in [2.45, 2.75) is 32.7 Å². The lowest BCUT2D eigenvalue weighted by Gasteiger charge is -2.35. The first kappa shape index (κ1) is 12.3. The number of fused-ring (bicyclic) bond motifs is 1. The monoisotopic (exact) mass is 257 g/mol. The van der Waals surface area contributed by atoms with E-state index in [2.05, 4.69) is 34.2 Å². The normalized spacial score (nSPS) is 21.1. The first-order valence-electron chi connectivity index (χ1n) is 6.62. The van der Waals surface area contributed by atoms with E-state index < -0.39 is 0 Å². The summed E-state index contributed by atoms with van der Waals surface area (Å²) in [6, 6.07) is 2.18. The fraction of sp³-hybridized carbons (Fsp3) is 0.500. The van der Waals surface area contributed by atoms with E-state index in [0.717, 1.165) is 12.8 Å². The molecule has 1 aliphatic rings. The van der Waals surface area contributed by atoms with Crippen LogP contribution < -0.4 is 5.32 Å². The highest BCUT2D eigenvalue weighted by Crippen LogP contribution is 2.40. The summed E-state index contributed by atoms with van der Waals surface area (Å²) in [6.07, 6.45) is 7.57. The van der Waals surface area contributed by atoms with Crippen LogP contribution in [0, 0.1) is 5.41 Å². The molecule has 0 aliphatic heterocycles. The zero-order valence-corrected chi connectivity index (χ0v) is 11.6. The SMILES string of the molecule is CNC1CC(C)(C)Cc2c1cnn2-c1ncccn1. The number of hydrogen-bond acceptors (Lipinski definition) is 4. The van der Waals surface area contributed by atoms with Crippen molar-refractivity contribution >= 4 is 0 Å². The molecule has 2 aromatic rings. The standard InChI is InChI=1S/C14H19N5/c1-14(2)7-11(15-3)10-9-18-19(12(10)8-14)13-16-5-4-6-17-13/h4-6,9,11,15H,7-8H2,1-3H3. The second kappa shape index (κ2) is 4.42. The molecule has 5 nitrogen and oxygen atoms in total. The minimum Gasteiger partial charge on any atom is -0.313 e. The van der Waals surface area contributed by atoms with Crippen molar-refractivity contribution in [3.63, 3.8) is 0 Å². The van der Waals surface area contributed by atoms with Crippen molar-refractivity contribution in [2.24, 2.45) is 5.41 Å². The Labute approximate surface area is 113 Å². The molecule has 0 bridgehead atoms. The van der Waals surface area contributed by atoms with Gasteiger partial charge in [0, 0.05) is 24.0 Å². The summed E-state index contributed by atoms with van der Waals surface area (Å²) in [5, 5.41) is 7.87. The summed E-state index contributed by atoms with van der Waals surface area (Å²) in [5.41, 5.74) is 2.75. The predicted molar refractivity (Wildman–Crippen MR) is 73.1 cm³/mol. The number of nitrogens with zero attached hydrogens (tertiary/aromatic N) is 4. The van der Waals surface area contributed by atoms with Crippen LogP contribution >= 0.6 is 0 Å². The van der Waals surface area contributed by atoms with E-state index in [0.29, 0.717) is 12.0 Å². The summed E-state index contributed by atoms with van der Waals surface area (Å²) in [6.45, 7) is 4.59. The van der Waals surface area contributed by atoms with Gasteiger partial charge in [-0.25, -0.2) is 14.6 Å². The predicted octanol–water partition coefficient (Wildman–Crippen LogP) is 1.90. The lowest BCUT2D eigenvalue weighted by Crippen LogP contribution is -2.32. The highest BCUT2D eigenvalue weighted by molar-refractivity contribution is 5.31. The van der Waals surface area contributed by atoms with Gasteiger partial charge >= 0.3 is 0 Å². The van der Waals surface area contributed by atoms with Crippen LogP contribution in [0.2, 0.25) is 0 Å². The second-order valence-electron chi connectivity index (χ2n) is 5.89. The molecular weight excluding hydrogens is 238 g/mol. The Hall–Kier alpha value is -1.75. The molecule has 19 heavy (non-hydrogen) atoms. The Morgan fingerprint density at radius 2 is 2.05 bits per heavy atom. The molecule has 2 heterocycles. The third kappa shape index (κ3) is 2.14. The molecular formula is C14H19N5. The van der Waals surface area contributed by atoms with Gasteiger partial charge in [-0.2, -0.15) is 5.10 Å². The molecule has 1 N–H and O–H groups in total. The maximum Gasteiger partial charge on any atom is 0.250 e. The lowest BCUT2D eigenvalue weighted by molar-refractivity contribution is 0.260. The maximum atomic E-state index is 4.48. The topological polar surface area (TPSA) is 55.6 Å². The van der Waals surface area contributed by atoms with Crippen molar-refractivity contribution in [1.29, 1.82) is 0 Å². The van der Waals surface area contributed by atoms with Gasteiger partial charge < -0.3 is 5.32 Å². The fourth-order valence-corrected chi connectivity index (χ4v) is 2.87. The molecule has 0 spiro atoms. The molecule has 0 saturated carbocycles. The van der Waals surface area contributed by atoms with Gasteiger partial charge in [-0.3, -0.25) is 0 Å². The molecule has 3 rings (SSSR count). The summed E-state index contributed by atoms with van der Waals surface area (Å²) >= 11 is 0. The van der Waals surface area contributed by atoms with Gasteiger partial charge in [0.15, 0.2) is 0 Å². The van der Waals surface area contributed by atoms with E-state index in [-0.39, 0.29) is 5.41 Å². The van der Waals surface area contributed by atoms with Gasteiger partial charge in [-0.15, -0.1) is 0 Å². The van der Waals surface area contributed by atoms with Crippen LogP contribution in [0.4, 0.5) is 0 Å². The molecule has 0 fully saturated rings. The van der Waals surface area contributed by atoms with Gasteiger partial charge in [-0.05, 0) is 31.4 Å². The molecule has 100 valence electrons. The van der Waals surface area contributed by atoms with Gasteiger partial charge in [-0.1, -0.05) is 13.8 Å². The van der Waals surface area contributed by atoms with E-state index in [4.69, 9.17) is 0 Å². The smallest absolute Gasteiger partial charge is 0.250 e. The quantitative estimate of drug-likeness (QED) is 0.892. The van der Waals surface area contributed by atoms with Crippen LogP contribution in [-0.4, -0.2) is 26.8 Å². The van der Waals surface area contributed by atoms with Crippen LogP contribution in [0.3, 0.4) is 0 Å². The summed E-state index contributed by atoms with van der Waals surface area (Å²) < 4.78 is 1.88. The Bertz CT molecular complexity index is 573. The molecule has 1 atom stereocenters. The van der Waals surface area contributed by atoms with E-state index in [1.165, 1.54) is 11.3 Å². The third-order valence-electron chi connectivity index (χ3n) is 3.77. The van der Waals surface area contributed by atoms with Gasteiger partial charge in [0.25, 0.3) is 5.95 Å². The van der Waals surface area contributed by atoms with Crippen LogP contribution in [0.25, 0.3) is 5.95 Å². The van der Waals surface area contributed by atoms with Crippen molar-refractivity contribution in [1.82, 2.24) is 25.1 Å². The molecule has 5 heteroatoms. The van der Waals surface area contributed by atoms with Crippen LogP contribution in [0.5, 0.6) is 0 Å². The van der Waals surface area contributed by atoms with E-state index >= 15 is 0 Å². The summed E-state index contributed by atoms with van der Waals surface area (Å²) in [7, 11) is 2.01. The Balaban J connectivity index is 2.09. The average molecular weight is 257 g/mol. The Kier molecular flexibility index (Phi) is 2.86. The van der Waals surface area contributed by atoms with Crippen molar-refractivity contribution in [2.75, 3.05) is 7.05 Å². The van der Waals surface area contributed by atoms with Gasteiger partial charge in [0.1, 0.15) is 0 Å². The number of nitrogens with one attached hydrogen (secondary N) is 1. The fourth-order valence-electron chi connectivity index (χ4n) is 2.87. The Morgan fingerprint density at radius 1 is 1.32 bits per heavy atom. The van der Waals surface area contributed by atoms with Crippen molar-refractivity contribution < 1.29 is 0 Å². The van der Waals surface area contributed by atoms with E-state index in [1.807, 2.05) is 24.0 Å². The zero-order chi connectivity index (χ0) is 13.5. The highest BCUT2D eigenvalue weighted by atomic mass is 15.3. The minimum atomic E-state index is 0.257. The number of aromatic nitrogens is 4. The third-order valence-corrected chi connectivity index (χ3v) is 3.77. The average Bonchev–Trinajstić information content (AvgIpc) is 2.81. The van der Waals surface area contributed by atoms with E-state index in [1.54, 1.807) is 12.4 Å². The largest absolute Gasteiger partial charge is 0.313 e. The molecule has 0 amide bonds. The lowest BCUT2D eigenvalue weighted by atomic mass is 9.74. The molecule has 0 saturated heterocycles. The van der Waals surface area contributed by atoms with Gasteiger partial charge in [0.05, 0.1) is 11.9 Å². The maximum absolute atomic E-state index is 4.48. The van der Waals surface area contributed by atoms with E-state index in [9.17, 15) is 0 Å². The minimum absolute atomic E-state index is 0.257.